The maximum absolute atomic E-state index is 12.8. The van der Waals surface area contributed by atoms with E-state index in [1.807, 2.05) is 29.3 Å². The zero-order chi connectivity index (χ0) is 22.1. The van der Waals surface area contributed by atoms with Gasteiger partial charge in [-0.3, -0.25) is 14.8 Å². The van der Waals surface area contributed by atoms with Gasteiger partial charge in [-0.15, -0.1) is 0 Å². The Balaban J connectivity index is 1.46. The normalized spacial score (nSPS) is 15.7. The number of pyridine rings is 2. The summed E-state index contributed by atoms with van der Waals surface area (Å²) in [5.41, 5.74) is 9.78. The average molecular weight is 442 g/mol. The molecule has 0 radical (unpaired) electrons. The molecule has 1 aromatic carbocycles. The van der Waals surface area contributed by atoms with Crippen LogP contribution in [0.15, 0.2) is 60.6 Å². The fourth-order valence-corrected chi connectivity index (χ4v) is 5.07. The summed E-state index contributed by atoms with van der Waals surface area (Å²) in [4.78, 5) is 23.8. The molecular weight excluding hydrogens is 417 g/mol. The minimum Gasteiger partial charge on any atom is -0.342 e. The van der Waals surface area contributed by atoms with Crippen molar-refractivity contribution >= 4 is 36.4 Å². The maximum Gasteiger partial charge on any atom is 0.227 e. The number of hydrogen-bond acceptors (Lipinski definition) is 3. The Hall–Kier alpha value is -2.92. The van der Waals surface area contributed by atoms with Gasteiger partial charge in [-0.25, -0.2) is 0 Å². The molecular formula is C26H25BClN3O. The van der Waals surface area contributed by atoms with Gasteiger partial charge in [-0.1, -0.05) is 34.8 Å². The van der Waals surface area contributed by atoms with Crippen LogP contribution < -0.4 is 5.46 Å². The molecule has 0 spiro atoms. The molecule has 1 amide bonds. The van der Waals surface area contributed by atoms with Crippen LogP contribution in [0.3, 0.4) is 0 Å². The molecule has 0 unspecified atom stereocenters. The molecule has 4 nitrogen and oxygen atoms in total. The molecule has 160 valence electrons. The van der Waals surface area contributed by atoms with E-state index in [4.69, 9.17) is 16.6 Å². The SMILES string of the molecule is Bc1cnc2c(c1)CCc1cc(Cl)ccc1C2=C1CCN(C(=O)Cc2ccncc2)CC1. The summed E-state index contributed by atoms with van der Waals surface area (Å²) in [7, 11) is 2.10. The molecule has 0 N–H and O–H groups in total. The van der Waals surface area contributed by atoms with E-state index >= 15 is 0 Å². The lowest BCUT2D eigenvalue weighted by Gasteiger charge is -2.30. The van der Waals surface area contributed by atoms with Gasteiger partial charge in [0, 0.05) is 42.3 Å². The van der Waals surface area contributed by atoms with Crippen molar-refractivity contribution in [1.82, 2.24) is 14.9 Å². The standard InChI is InChI=1S/C26H25BClN3O/c27-21-14-20-2-1-19-15-22(28)3-4-23(19)25(26(20)30-16-21)18-7-11-31(12-8-18)24(32)13-17-5-9-29-10-6-17/h3-6,9-10,14-16H,1-2,7-8,11-13,27H2. The lowest BCUT2D eigenvalue weighted by molar-refractivity contribution is -0.130. The van der Waals surface area contributed by atoms with E-state index in [-0.39, 0.29) is 5.91 Å². The summed E-state index contributed by atoms with van der Waals surface area (Å²) in [5, 5.41) is 0.778. The van der Waals surface area contributed by atoms with Crippen LogP contribution in [0.4, 0.5) is 0 Å². The van der Waals surface area contributed by atoms with E-state index in [1.165, 1.54) is 33.3 Å². The number of aryl methyl sites for hydroxylation is 2. The molecule has 2 aromatic heterocycles. The average Bonchev–Trinajstić information content (AvgIpc) is 2.96. The molecule has 3 aromatic rings. The molecule has 1 aliphatic heterocycles. The minimum absolute atomic E-state index is 0.183. The molecule has 32 heavy (non-hydrogen) atoms. The maximum atomic E-state index is 12.8. The number of rotatable bonds is 2. The number of fused-ring (bicyclic) bond motifs is 2. The monoisotopic (exact) mass is 441 g/mol. The summed E-state index contributed by atoms with van der Waals surface area (Å²) in [6.45, 7) is 1.49. The second-order valence-corrected chi connectivity index (χ2v) is 9.15. The highest BCUT2D eigenvalue weighted by molar-refractivity contribution is 6.32. The zero-order valence-electron chi connectivity index (χ0n) is 18.3. The van der Waals surface area contributed by atoms with Gasteiger partial charge in [0.15, 0.2) is 0 Å². The summed E-state index contributed by atoms with van der Waals surface area (Å²) >= 11 is 6.34. The van der Waals surface area contributed by atoms with Crippen molar-refractivity contribution in [3.63, 3.8) is 0 Å². The van der Waals surface area contributed by atoms with Gasteiger partial charge in [0.2, 0.25) is 5.91 Å². The molecule has 0 atom stereocenters. The van der Waals surface area contributed by atoms with Crippen LogP contribution in [0.2, 0.25) is 5.02 Å². The Kier molecular flexibility index (Phi) is 5.84. The lowest BCUT2D eigenvalue weighted by atomic mass is 9.87. The fourth-order valence-electron chi connectivity index (χ4n) is 4.88. The third-order valence-electron chi connectivity index (χ3n) is 6.52. The van der Waals surface area contributed by atoms with Gasteiger partial charge >= 0.3 is 0 Å². The number of amides is 1. The predicted molar refractivity (Wildman–Crippen MR) is 131 cm³/mol. The van der Waals surface area contributed by atoms with E-state index in [0.29, 0.717) is 6.42 Å². The Labute approximate surface area is 194 Å². The van der Waals surface area contributed by atoms with Gasteiger partial charge in [0.1, 0.15) is 7.85 Å². The highest BCUT2D eigenvalue weighted by Crippen LogP contribution is 2.38. The van der Waals surface area contributed by atoms with Gasteiger partial charge in [0.25, 0.3) is 0 Å². The van der Waals surface area contributed by atoms with E-state index in [9.17, 15) is 4.79 Å². The van der Waals surface area contributed by atoms with Crippen molar-refractivity contribution in [2.75, 3.05) is 13.1 Å². The Morgan fingerprint density at radius 1 is 1.00 bits per heavy atom. The van der Waals surface area contributed by atoms with E-state index < -0.39 is 0 Å². The van der Waals surface area contributed by atoms with Crippen molar-refractivity contribution in [3.8, 4) is 0 Å². The third-order valence-corrected chi connectivity index (χ3v) is 6.75. The first-order valence-corrected chi connectivity index (χ1v) is 11.6. The van der Waals surface area contributed by atoms with Gasteiger partial charge in [-0.2, -0.15) is 0 Å². The van der Waals surface area contributed by atoms with Crippen LogP contribution in [-0.2, 0) is 24.1 Å². The number of likely N-dealkylation sites (tertiary alicyclic amines) is 1. The van der Waals surface area contributed by atoms with Crippen molar-refractivity contribution in [1.29, 1.82) is 0 Å². The number of carbonyl (C=O) groups is 1. The predicted octanol–water partition coefficient (Wildman–Crippen LogP) is 3.15. The van der Waals surface area contributed by atoms with E-state index in [2.05, 4.69) is 31.0 Å². The molecule has 1 fully saturated rings. The number of nitrogens with zero attached hydrogens (tertiary/aromatic N) is 3. The van der Waals surface area contributed by atoms with Crippen LogP contribution in [0, 0.1) is 0 Å². The van der Waals surface area contributed by atoms with Gasteiger partial charge in [0.05, 0.1) is 12.1 Å². The topological polar surface area (TPSA) is 46.1 Å². The highest BCUT2D eigenvalue weighted by Gasteiger charge is 2.26. The number of aromatic nitrogens is 2. The fraction of sp³-hybridized carbons (Fsp3) is 0.269. The Morgan fingerprint density at radius 2 is 1.75 bits per heavy atom. The van der Waals surface area contributed by atoms with Crippen molar-refractivity contribution in [2.45, 2.75) is 32.1 Å². The highest BCUT2D eigenvalue weighted by atomic mass is 35.5. The summed E-state index contributed by atoms with van der Waals surface area (Å²) in [6, 6.07) is 12.3. The molecule has 5 rings (SSSR count). The third kappa shape index (κ3) is 4.22. The first kappa shape index (κ1) is 21.0. The van der Waals surface area contributed by atoms with Crippen LogP contribution in [0.25, 0.3) is 5.57 Å². The van der Waals surface area contributed by atoms with Gasteiger partial charge in [-0.05, 0) is 72.2 Å². The molecule has 6 heteroatoms. The number of benzene rings is 1. The quantitative estimate of drug-likeness (QED) is 0.574. The second kappa shape index (κ2) is 8.91. The summed E-state index contributed by atoms with van der Waals surface area (Å²) in [6.07, 6.45) is 9.54. The van der Waals surface area contributed by atoms with Crippen LogP contribution in [0.1, 0.15) is 40.8 Å². The number of halogens is 1. The van der Waals surface area contributed by atoms with Crippen molar-refractivity contribution in [2.24, 2.45) is 0 Å². The second-order valence-electron chi connectivity index (χ2n) is 8.71. The number of piperidine rings is 1. The number of carbonyl (C=O) groups excluding carboxylic acids is 1. The molecule has 0 saturated carbocycles. The largest absolute Gasteiger partial charge is 0.342 e. The summed E-state index contributed by atoms with van der Waals surface area (Å²) in [5.74, 6) is 0.183. The van der Waals surface area contributed by atoms with Gasteiger partial charge < -0.3 is 4.90 Å². The van der Waals surface area contributed by atoms with Crippen molar-refractivity contribution in [3.05, 3.63) is 93.5 Å². The Morgan fingerprint density at radius 3 is 2.53 bits per heavy atom. The summed E-state index contributed by atoms with van der Waals surface area (Å²) < 4.78 is 0. The molecule has 1 saturated heterocycles. The first-order valence-electron chi connectivity index (χ1n) is 11.2. The Bertz CT molecular complexity index is 1140. The number of hydrogen-bond donors (Lipinski definition) is 0. The van der Waals surface area contributed by atoms with Crippen molar-refractivity contribution < 1.29 is 4.79 Å². The van der Waals surface area contributed by atoms with Crippen LogP contribution in [-0.4, -0.2) is 41.7 Å². The van der Waals surface area contributed by atoms with Crippen LogP contribution in [0.5, 0.6) is 0 Å². The zero-order valence-corrected chi connectivity index (χ0v) is 19.0. The molecule has 3 heterocycles. The van der Waals surface area contributed by atoms with E-state index in [1.54, 1.807) is 12.4 Å². The van der Waals surface area contributed by atoms with E-state index in [0.717, 1.165) is 55.1 Å². The molecule has 2 aliphatic rings. The smallest absolute Gasteiger partial charge is 0.227 e. The van der Waals surface area contributed by atoms with Crippen LogP contribution >= 0.6 is 11.6 Å². The molecule has 1 aliphatic carbocycles. The minimum atomic E-state index is 0.183. The lowest BCUT2D eigenvalue weighted by Crippen LogP contribution is -2.37. The molecule has 0 bridgehead atoms. The first-order chi connectivity index (χ1) is 15.6.